The van der Waals surface area contributed by atoms with Crippen LogP contribution >= 0.6 is 11.3 Å². The molecule has 16 heavy (non-hydrogen) atoms. The Bertz CT molecular complexity index is 268. The smallest absolute Gasteiger partial charge is 0.00512 e. The van der Waals surface area contributed by atoms with Crippen LogP contribution in [0.2, 0.25) is 0 Å². The van der Waals surface area contributed by atoms with Gasteiger partial charge in [-0.05, 0) is 43.2 Å². The van der Waals surface area contributed by atoms with Crippen LogP contribution in [0.5, 0.6) is 0 Å². The number of nitrogens with one attached hydrogen (secondary N) is 1. The Balaban J connectivity index is 2.67. The number of hydrogen-bond donors (Lipinski definition) is 1. The van der Waals surface area contributed by atoms with Crippen molar-refractivity contribution in [2.75, 3.05) is 13.6 Å². The van der Waals surface area contributed by atoms with Gasteiger partial charge in [-0.1, -0.05) is 32.8 Å². The van der Waals surface area contributed by atoms with Gasteiger partial charge in [-0.25, -0.2) is 0 Å². The van der Waals surface area contributed by atoms with Crippen LogP contribution in [0.25, 0.3) is 0 Å². The summed E-state index contributed by atoms with van der Waals surface area (Å²) in [6.45, 7) is 5.76. The third kappa shape index (κ3) is 3.91. The summed E-state index contributed by atoms with van der Waals surface area (Å²) in [5.74, 6) is 0. The molecule has 1 unspecified atom stereocenters. The number of unbranched alkanes of at least 4 members (excludes halogenated alkanes) is 1. The molecule has 0 spiro atoms. The normalized spacial score (nSPS) is 14.9. The fourth-order valence-electron chi connectivity index (χ4n) is 2.38. The van der Waals surface area contributed by atoms with Crippen molar-refractivity contribution in [3.05, 3.63) is 22.4 Å². The van der Waals surface area contributed by atoms with Crippen LogP contribution in [0.3, 0.4) is 0 Å². The topological polar surface area (TPSA) is 12.0 Å². The molecule has 92 valence electrons. The summed E-state index contributed by atoms with van der Waals surface area (Å²) < 4.78 is 0. The molecule has 0 saturated heterocycles. The van der Waals surface area contributed by atoms with Crippen LogP contribution in [0.4, 0.5) is 0 Å². The second-order valence-corrected chi connectivity index (χ2v) is 5.78. The van der Waals surface area contributed by atoms with Crippen molar-refractivity contribution >= 4 is 11.3 Å². The predicted octanol–water partition coefficient (Wildman–Crippen LogP) is 4.10. The number of thiophene rings is 1. The Morgan fingerprint density at radius 3 is 2.69 bits per heavy atom. The molecule has 1 aromatic heterocycles. The highest BCUT2D eigenvalue weighted by atomic mass is 32.1. The molecule has 1 rings (SSSR count). The lowest BCUT2D eigenvalue weighted by atomic mass is 9.77. The van der Waals surface area contributed by atoms with Crippen LogP contribution in [0.1, 0.15) is 44.4 Å². The highest BCUT2D eigenvalue weighted by molar-refractivity contribution is 7.09. The number of rotatable bonds is 8. The minimum Gasteiger partial charge on any atom is -0.319 e. The Morgan fingerprint density at radius 2 is 2.19 bits per heavy atom. The van der Waals surface area contributed by atoms with E-state index in [0.29, 0.717) is 5.41 Å². The van der Waals surface area contributed by atoms with Gasteiger partial charge in [0.25, 0.3) is 0 Å². The Morgan fingerprint density at radius 1 is 1.38 bits per heavy atom. The summed E-state index contributed by atoms with van der Waals surface area (Å²) in [5.41, 5.74) is 0.468. The molecular formula is C14H25NS. The van der Waals surface area contributed by atoms with Crippen molar-refractivity contribution in [1.82, 2.24) is 5.32 Å². The lowest BCUT2D eigenvalue weighted by Gasteiger charge is -2.32. The Labute approximate surface area is 104 Å². The van der Waals surface area contributed by atoms with Crippen LogP contribution < -0.4 is 5.32 Å². The standard InChI is InChI=1S/C14H25NS/c1-4-6-9-14(5-2,12-15-3)11-13-8-7-10-16-13/h7-8,10,15H,4-6,9,11-12H2,1-3H3. The second-order valence-electron chi connectivity index (χ2n) is 4.74. The molecule has 0 aromatic carbocycles. The van der Waals surface area contributed by atoms with Crippen LogP contribution in [-0.4, -0.2) is 13.6 Å². The first kappa shape index (κ1) is 13.7. The van der Waals surface area contributed by atoms with Crippen LogP contribution in [0, 0.1) is 5.41 Å². The fraction of sp³-hybridized carbons (Fsp3) is 0.714. The first-order chi connectivity index (χ1) is 7.76. The van der Waals surface area contributed by atoms with E-state index in [1.54, 1.807) is 0 Å². The summed E-state index contributed by atoms with van der Waals surface area (Å²) in [4.78, 5) is 1.54. The molecule has 1 aromatic rings. The molecule has 0 saturated carbocycles. The van der Waals surface area contributed by atoms with Crippen molar-refractivity contribution in [2.45, 2.75) is 46.0 Å². The highest BCUT2D eigenvalue weighted by Crippen LogP contribution is 2.33. The Hall–Kier alpha value is -0.340. The van der Waals surface area contributed by atoms with Gasteiger partial charge in [0.2, 0.25) is 0 Å². The van der Waals surface area contributed by atoms with Crippen molar-refractivity contribution in [1.29, 1.82) is 0 Å². The van der Waals surface area contributed by atoms with E-state index >= 15 is 0 Å². The molecule has 0 aliphatic heterocycles. The third-order valence-corrected chi connectivity index (χ3v) is 4.37. The molecule has 1 N–H and O–H groups in total. The average Bonchev–Trinajstić information content (AvgIpc) is 2.79. The maximum atomic E-state index is 3.39. The molecule has 1 atom stereocenters. The molecule has 0 aliphatic rings. The van der Waals surface area contributed by atoms with E-state index in [2.05, 4.69) is 43.7 Å². The summed E-state index contributed by atoms with van der Waals surface area (Å²) in [6.07, 6.45) is 6.50. The summed E-state index contributed by atoms with van der Waals surface area (Å²) in [7, 11) is 2.07. The van der Waals surface area contributed by atoms with E-state index in [0.717, 1.165) is 6.54 Å². The van der Waals surface area contributed by atoms with Crippen molar-refractivity contribution < 1.29 is 0 Å². The van der Waals surface area contributed by atoms with Gasteiger partial charge < -0.3 is 5.32 Å². The zero-order valence-electron chi connectivity index (χ0n) is 10.9. The van der Waals surface area contributed by atoms with E-state index in [9.17, 15) is 0 Å². The van der Waals surface area contributed by atoms with E-state index in [1.165, 1.54) is 37.0 Å². The third-order valence-electron chi connectivity index (χ3n) is 3.49. The van der Waals surface area contributed by atoms with Crippen molar-refractivity contribution in [2.24, 2.45) is 5.41 Å². The first-order valence-corrected chi connectivity index (χ1v) is 7.31. The van der Waals surface area contributed by atoms with E-state index in [4.69, 9.17) is 0 Å². The predicted molar refractivity (Wildman–Crippen MR) is 74.2 cm³/mol. The Kier molecular flexibility index (Phi) is 6.07. The van der Waals surface area contributed by atoms with Crippen molar-refractivity contribution in [3.8, 4) is 0 Å². The van der Waals surface area contributed by atoms with Gasteiger partial charge in [-0.15, -0.1) is 11.3 Å². The largest absolute Gasteiger partial charge is 0.319 e. The van der Waals surface area contributed by atoms with Gasteiger partial charge in [0.05, 0.1) is 0 Å². The van der Waals surface area contributed by atoms with Gasteiger partial charge in [-0.3, -0.25) is 0 Å². The maximum absolute atomic E-state index is 3.39. The maximum Gasteiger partial charge on any atom is 0.00512 e. The summed E-state index contributed by atoms with van der Waals surface area (Å²) >= 11 is 1.90. The first-order valence-electron chi connectivity index (χ1n) is 6.43. The van der Waals surface area contributed by atoms with E-state index in [1.807, 2.05) is 11.3 Å². The quantitative estimate of drug-likeness (QED) is 0.720. The SMILES string of the molecule is CCCCC(CC)(CNC)Cc1cccs1. The van der Waals surface area contributed by atoms with Crippen molar-refractivity contribution in [3.63, 3.8) is 0 Å². The zero-order valence-corrected chi connectivity index (χ0v) is 11.7. The lowest BCUT2D eigenvalue weighted by molar-refractivity contribution is 0.236. The monoisotopic (exact) mass is 239 g/mol. The zero-order chi connectivity index (χ0) is 11.9. The molecule has 1 heterocycles. The van der Waals surface area contributed by atoms with Gasteiger partial charge in [0, 0.05) is 11.4 Å². The van der Waals surface area contributed by atoms with E-state index in [-0.39, 0.29) is 0 Å². The van der Waals surface area contributed by atoms with Gasteiger partial charge in [-0.2, -0.15) is 0 Å². The molecule has 0 bridgehead atoms. The van der Waals surface area contributed by atoms with Crippen LogP contribution in [0.15, 0.2) is 17.5 Å². The molecule has 0 radical (unpaired) electrons. The van der Waals surface area contributed by atoms with Crippen LogP contribution in [-0.2, 0) is 6.42 Å². The van der Waals surface area contributed by atoms with E-state index < -0.39 is 0 Å². The molecule has 0 aliphatic carbocycles. The second kappa shape index (κ2) is 7.08. The summed E-state index contributed by atoms with van der Waals surface area (Å²) in [5, 5.41) is 5.57. The molecule has 1 nitrogen and oxygen atoms in total. The lowest BCUT2D eigenvalue weighted by Crippen LogP contribution is -2.34. The van der Waals surface area contributed by atoms with Gasteiger partial charge in [0.15, 0.2) is 0 Å². The summed E-state index contributed by atoms with van der Waals surface area (Å²) in [6, 6.07) is 4.44. The minimum atomic E-state index is 0.468. The fourth-order valence-corrected chi connectivity index (χ4v) is 3.25. The highest BCUT2D eigenvalue weighted by Gasteiger charge is 2.27. The molecule has 0 amide bonds. The van der Waals surface area contributed by atoms with Gasteiger partial charge >= 0.3 is 0 Å². The molecule has 0 fully saturated rings. The molecular weight excluding hydrogens is 214 g/mol. The van der Waals surface area contributed by atoms with Gasteiger partial charge in [0.1, 0.15) is 0 Å². The number of hydrogen-bond acceptors (Lipinski definition) is 2. The molecule has 2 heteroatoms. The average molecular weight is 239 g/mol. The minimum absolute atomic E-state index is 0.468.